The van der Waals surface area contributed by atoms with E-state index in [2.05, 4.69) is 19.9 Å². The Kier molecular flexibility index (Phi) is 7.70. The standard InChI is InChI=1S/C25H31NO4/c1-16(2)8-6-9-17(3)12-13-26(22-14-20(27)15-24(29)19(22)5)25(30)21-10-7-11-23(28)18(21)4/h7-8,10-12,14-15,27-29H,6,9,13H2,1-5H3/b17-12+. The lowest BCUT2D eigenvalue weighted by atomic mass is 10.0. The predicted molar refractivity (Wildman–Crippen MR) is 121 cm³/mol. The number of aromatic hydroxyl groups is 3. The summed E-state index contributed by atoms with van der Waals surface area (Å²) in [7, 11) is 0. The molecule has 0 bridgehead atoms. The van der Waals surface area contributed by atoms with Crippen molar-refractivity contribution in [2.45, 2.75) is 47.5 Å². The Labute approximate surface area is 178 Å². The SMILES string of the molecule is CC(C)=CCC/C(C)=C/CN(C(=O)c1cccc(O)c1C)c1cc(O)cc(O)c1C. The van der Waals surface area contributed by atoms with Crippen LogP contribution in [0.4, 0.5) is 5.69 Å². The van der Waals surface area contributed by atoms with E-state index < -0.39 is 0 Å². The van der Waals surface area contributed by atoms with Crippen molar-refractivity contribution in [1.82, 2.24) is 0 Å². The maximum absolute atomic E-state index is 13.4. The fraction of sp³-hybridized carbons (Fsp3) is 0.320. The lowest BCUT2D eigenvalue weighted by Gasteiger charge is -2.25. The molecule has 0 aliphatic carbocycles. The first-order valence-corrected chi connectivity index (χ1v) is 10.0. The van der Waals surface area contributed by atoms with Crippen LogP contribution in [0.5, 0.6) is 17.2 Å². The summed E-state index contributed by atoms with van der Waals surface area (Å²) in [6.45, 7) is 9.81. The molecule has 2 rings (SSSR count). The highest BCUT2D eigenvalue weighted by molar-refractivity contribution is 6.08. The number of nitrogens with zero attached hydrogens (tertiary/aromatic N) is 1. The average Bonchev–Trinajstić information content (AvgIpc) is 2.67. The molecule has 0 atom stereocenters. The summed E-state index contributed by atoms with van der Waals surface area (Å²) in [6.07, 6.45) is 5.96. The third-order valence-electron chi connectivity index (χ3n) is 5.12. The predicted octanol–water partition coefficient (Wildman–Crippen LogP) is 5.76. The molecule has 0 radical (unpaired) electrons. The van der Waals surface area contributed by atoms with E-state index in [1.165, 1.54) is 28.7 Å². The van der Waals surface area contributed by atoms with Crippen molar-refractivity contribution in [3.05, 3.63) is 70.3 Å². The topological polar surface area (TPSA) is 81.0 Å². The van der Waals surface area contributed by atoms with E-state index in [0.29, 0.717) is 22.4 Å². The molecule has 5 heteroatoms. The van der Waals surface area contributed by atoms with Crippen molar-refractivity contribution in [1.29, 1.82) is 0 Å². The Morgan fingerprint density at radius 2 is 1.67 bits per heavy atom. The van der Waals surface area contributed by atoms with Crippen molar-refractivity contribution in [2.24, 2.45) is 0 Å². The number of hydrogen-bond donors (Lipinski definition) is 3. The summed E-state index contributed by atoms with van der Waals surface area (Å²) in [5, 5.41) is 30.2. The van der Waals surface area contributed by atoms with Gasteiger partial charge in [0.15, 0.2) is 0 Å². The van der Waals surface area contributed by atoms with E-state index in [0.717, 1.165) is 18.4 Å². The van der Waals surface area contributed by atoms with Crippen LogP contribution in [0.25, 0.3) is 0 Å². The quantitative estimate of drug-likeness (QED) is 0.508. The summed E-state index contributed by atoms with van der Waals surface area (Å²) in [6, 6.07) is 7.54. The zero-order chi connectivity index (χ0) is 22.4. The molecule has 0 saturated heterocycles. The summed E-state index contributed by atoms with van der Waals surface area (Å²) in [4.78, 5) is 14.9. The normalized spacial score (nSPS) is 11.3. The van der Waals surface area contributed by atoms with Crippen LogP contribution >= 0.6 is 0 Å². The number of benzene rings is 2. The minimum Gasteiger partial charge on any atom is -0.508 e. The summed E-state index contributed by atoms with van der Waals surface area (Å²) in [5.41, 5.74) is 4.18. The molecule has 0 aliphatic heterocycles. The maximum atomic E-state index is 13.4. The average molecular weight is 410 g/mol. The van der Waals surface area contributed by atoms with E-state index in [1.807, 2.05) is 13.0 Å². The zero-order valence-corrected chi connectivity index (χ0v) is 18.4. The first-order valence-electron chi connectivity index (χ1n) is 10.0. The molecule has 0 heterocycles. The van der Waals surface area contributed by atoms with Crippen LogP contribution in [0.3, 0.4) is 0 Å². The molecule has 1 amide bonds. The van der Waals surface area contributed by atoms with Gasteiger partial charge in [0.25, 0.3) is 5.91 Å². The Bertz CT molecular complexity index is 985. The van der Waals surface area contributed by atoms with Crippen LogP contribution in [-0.4, -0.2) is 27.8 Å². The highest BCUT2D eigenvalue weighted by Gasteiger charge is 2.23. The fourth-order valence-corrected chi connectivity index (χ4v) is 3.18. The van der Waals surface area contributed by atoms with Gasteiger partial charge in [-0.15, -0.1) is 0 Å². The van der Waals surface area contributed by atoms with Gasteiger partial charge in [0.2, 0.25) is 0 Å². The highest BCUT2D eigenvalue weighted by atomic mass is 16.3. The monoisotopic (exact) mass is 409 g/mol. The number of carbonyl (C=O) groups excluding carboxylic acids is 1. The largest absolute Gasteiger partial charge is 0.508 e. The second kappa shape index (κ2) is 10.0. The number of allylic oxidation sites excluding steroid dienone is 3. The number of rotatable bonds is 7. The molecule has 0 saturated carbocycles. The molecule has 0 fully saturated rings. The van der Waals surface area contributed by atoms with Gasteiger partial charge in [0, 0.05) is 35.4 Å². The van der Waals surface area contributed by atoms with Crippen molar-refractivity contribution < 1.29 is 20.1 Å². The van der Waals surface area contributed by atoms with Gasteiger partial charge in [-0.2, -0.15) is 0 Å². The Morgan fingerprint density at radius 1 is 0.967 bits per heavy atom. The molecule has 0 spiro atoms. The van der Waals surface area contributed by atoms with Crippen LogP contribution in [-0.2, 0) is 0 Å². The summed E-state index contributed by atoms with van der Waals surface area (Å²) in [5.74, 6) is -0.475. The number of phenolic OH excluding ortho intramolecular Hbond substituents is 3. The van der Waals surface area contributed by atoms with E-state index in [-0.39, 0.29) is 29.7 Å². The molecule has 5 nitrogen and oxygen atoms in total. The van der Waals surface area contributed by atoms with Gasteiger partial charge in [0.05, 0.1) is 5.69 Å². The molecule has 30 heavy (non-hydrogen) atoms. The molecule has 2 aromatic carbocycles. The Hall–Kier alpha value is -3.21. The van der Waals surface area contributed by atoms with Crippen LogP contribution in [0, 0.1) is 13.8 Å². The molecule has 0 aromatic heterocycles. The van der Waals surface area contributed by atoms with E-state index in [1.54, 1.807) is 26.0 Å². The van der Waals surface area contributed by atoms with Crippen LogP contribution in [0.2, 0.25) is 0 Å². The van der Waals surface area contributed by atoms with Gasteiger partial charge in [-0.3, -0.25) is 4.79 Å². The summed E-state index contributed by atoms with van der Waals surface area (Å²) >= 11 is 0. The Morgan fingerprint density at radius 3 is 2.33 bits per heavy atom. The number of amides is 1. The zero-order valence-electron chi connectivity index (χ0n) is 18.4. The van der Waals surface area contributed by atoms with Crippen LogP contribution in [0.1, 0.15) is 55.1 Å². The van der Waals surface area contributed by atoms with Crippen molar-refractivity contribution in [2.75, 3.05) is 11.4 Å². The molecule has 160 valence electrons. The van der Waals surface area contributed by atoms with Crippen molar-refractivity contribution in [3.8, 4) is 17.2 Å². The minimum absolute atomic E-state index is 0.0460. The molecule has 2 aromatic rings. The van der Waals surface area contributed by atoms with Gasteiger partial charge in [-0.25, -0.2) is 0 Å². The molecule has 3 N–H and O–H groups in total. The fourth-order valence-electron chi connectivity index (χ4n) is 3.18. The van der Waals surface area contributed by atoms with E-state index in [4.69, 9.17) is 0 Å². The number of carbonyl (C=O) groups is 1. The van der Waals surface area contributed by atoms with Gasteiger partial charge in [-0.05, 0) is 59.6 Å². The van der Waals surface area contributed by atoms with Crippen LogP contribution < -0.4 is 4.90 Å². The van der Waals surface area contributed by atoms with Crippen LogP contribution in [0.15, 0.2) is 53.6 Å². The number of hydrogen-bond acceptors (Lipinski definition) is 4. The summed E-state index contributed by atoms with van der Waals surface area (Å²) < 4.78 is 0. The lowest BCUT2D eigenvalue weighted by molar-refractivity contribution is 0.0988. The highest BCUT2D eigenvalue weighted by Crippen LogP contribution is 2.34. The van der Waals surface area contributed by atoms with Gasteiger partial charge < -0.3 is 20.2 Å². The minimum atomic E-state index is -0.315. The maximum Gasteiger partial charge on any atom is 0.258 e. The molecular formula is C25H31NO4. The molecular weight excluding hydrogens is 378 g/mol. The third kappa shape index (κ3) is 5.66. The molecule has 0 unspecified atom stereocenters. The van der Waals surface area contributed by atoms with Crippen molar-refractivity contribution >= 4 is 11.6 Å². The first-order chi connectivity index (χ1) is 14.1. The second-order valence-electron chi connectivity index (χ2n) is 7.85. The second-order valence-corrected chi connectivity index (χ2v) is 7.85. The van der Waals surface area contributed by atoms with E-state index >= 15 is 0 Å². The van der Waals surface area contributed by atoms with Gasteiger partial charge in [-0.1, -0.05) is 29.4 Å². The number of anilines is 1. The molecule has 0 aliphatic rings. The number of phenols is 3. The lowest BCUT2D eigenvalue weighted by Crippen LogP contribution is -2.32. The third-order valence-corrected chi connectivity index (χ3v) is 5.12. The van der Waals surface area contributed by atoms with E-state index in [9.17, 15) is 20.1 Å². The Balaban J connectivity index is 2.44. The smallest absolute Gasteiger partial charge is 0.258 e. The van der Waals surface area contributed by atoms with Gasteiger partial charge >= 0.3 is 0 Å². The van der Waals surface area contributed by atoms with Crippen molar-refractivity contribution in [3.63, 3.8) is 0 Å². The van der Waals surface area contributed by atoms with Gasteiger partial charge in [0.1, 0.15) is 17.2 Å². The first kappa shape index (κ1) is 23.1.